The van der Waals surface area contributed by atoms with Crippen LogP contribution in [0.3, 0.4) is 0 Å². The summed E-state index contributed by atoms with van der Waals surface area (Å²) < 4.78 is 0. The minimum atomic E-state index is 0.893. The van der Waals surface area contributed by atoms with Gasteiger partial charge < -0.3 is 10.2 Å². The third-order valence-corrected chi connectivity index (χ3v) is 3.31. The van der Waals surface area contributed by atoms with Crippen LogP contribution in [0.4, 0.5) is 11.8 Å². The normalized spacial score (nSPS) is 15.4. The van der Waals surface area contributed by atoms with Crippen LogP contribution < -0.4 is 10.2 Å². The second-order valence-electron chi connectivity index (χ2n) is 4.70. The summed E-state index contributed by atoms with van der Waals surface area (Å²) in [5.41, 5.74) is 2.25. The molecule has 1 aliphatic heterocycles. The van der Waals surface area contributed by atoms with E-state index in [4.69, 9.17) is 0 Å². The second kappa shape index (κ2) is 5.34. The zero-order valence-corrected chi connectivity index (χ0v) is 11.1. The number of nitrogens with one attached hydrogen (secondary N) is 1. The fourth-order valence-corrected chi connectivity index (χ4v) is 2.09. The highest BCUT2D eigenvalue weighted by Gasteiger charge is 2.17. The van der Waals surface area contributed by atoms with Crippen LogP contribution in [0.2, 0.25) is 0 Å². The Morgan fingerprint density at radius 1 is 1.18 bits per heavy atom. The number of rotatable bonds is 4. The summed E-state index contributed by atoms with van der Waals surface area (Å²) in [5.74, 6) is 1.89. The predicted molar refractivity (Wildman–Crippen MR) is 71.7 cm³/mol. The van der Waals surface area contributed by atoms with E-state index >= 15 is 0 Å². The molecule has 0 unspecified atom stereocenters. The fraction of sp³-hybridized carbons (Fsp3) is 0.692. The number of aryl methyl sites for hydroxylation is 1. The molecule has 0 radical (unpaired) electrons. The molecule has 1 fully saturated rings. The molecular formula is C13H22N4. The van der Waals surface area contributed by atoms with Gasteiger partial charge in [0.15, 0.2) is 0 Å². The summed E-state index contributed by atoms with van der Waals surface area (Å²) in [6.07, 6.45) is 3.63. The van der Waals surface area contributed by atoms with Crippen molar-refractivity contribution < 1.29 is 0 Å². The molecule has 0 atom stereocenters. The summed E-state index contributed by atoms with van der Waals surface area (Å²) in [6.45, 7) is 9.47. The van der Waals surface area contributed by atoms with Gasteiger partial charge in [0.2, 0.25) is 5.95 Å². The van der Waals surface area contributed by atoms with E-state index < -0.39 is 0 Å². The molecule has 0 amide bonds. The number of nitrogens with zero attached hydrogens (tertiary/aromatic N) is 3. The summed E-state index contributed by atoms with van der Waals surface area (Å²) in [4.78, 5) is 11.5. The molecule has 2 heterocycles. The molecule has 0 aliphatic carbocycles. The molecular weight excluding hydrogens is 212 g/mol. The maximum atomic E-state index is 4.66. The van der Waals surface area contributed by atoms with Crippen molar-refractivity contribution in [3.8, 4) is 0 Å². The van der Waals surface area contributed by atoms with Crippen LogP contribution in [0.1, 0.15) is 37.4 Å². The molecule has 4 heteroatoms. The van der Waals surface area contributed by atoms with E-state index in [-0.39, 0.29) is 0 Å². The lowest BCUT2D eigenvalue weighted by atomic mass is 10.2. The molecule has 0 saturated carbocycles. The van der Waals surface area contributed by atoms with E-state index in [2.05, 4.69) is 41.0 Å². The van der Waals surface area contributed by atoms with E-state index in [9.17, 15) is 0 Å². The van der Waals surface area contributed by atoms with Gasteiger partial charge in [-0.15, -0.1) is 0 Å². The molecule has 94 valence electrons. The quantitative estimate of drug-likeness (QED) is 0.869. The van der Waals surface area contributed by atoms with E-state index in [1.54, 1.807) is 0 Å². The number of hydrogen-bond acceptors (Lipinski definition) is 4. The lowest BCUT2D eigenvalue weighted by Crippen LogP contribution is -2.22. The summed E-state index contributed by atoms with van der Waals surface area (Å²) in [5, 5.41) is 3.39. The monoisotopic (exact) mass is 234 g/mol. The van der Waals surface area contributed by atoms with Crippen LogP contribution in [0.15, 0.2) is 0 Å². The molecule has 1 aromatic heterocycles. The average molecular weight is 234 g/mol. The Kier molecular flexibility index (Phi) is 3.82. The molecule has 2 rings (SSSR count). The van der Waals surface area contributed by atoms with Gasteiger partial charge in [0.05, 0.1) is 0 Å². The van der Waals surface area contributed by atoms with Gasteiger partial charge in [-0.25, -0.2) is 4.98 Å². The van der Waals surface area contributed by atoms with Crippen LogP contribution in [0.5, 0.6) is 0 Å². The lowest BCUT2D eigenvalue weighted by Gasteiger charge is -2.18. The third kappa shape index (κ3) is 2.68. The van der Waals surface area contributed by atoms with Crippen LogP contribution >= 0.6 is 0 Å². The number of aromatic nitrogens is 2. The van der Waals surface area contributed by atoms with Crippen molar-refractivity contribution in [3.63, 3.8) is 0 Å². The van der Waals surface area contributed by atoms with Gasteiger partial charge in [-0.3, -0.25) is 0 Å². The first-order chi connectivity index (χ1) is 8.22. The first kappa shape index (κ1) is 12.1. The maximum absolute atomic E-state index is 4.66. The molecule has 1 aromatic rings. The fourth-order valence-electron chi connectivity index (χ4n) is 2.09. The van der Waals surface area contributed by atoms with Crippen molar-refractivity contribution in [2.45, 2.75) is 40.0 Å². The molecule has 0 aromatic carbocycles. The summed E-state index contributed by atoms with van der Waals surface area (Å²) >= 11 is 0. The minimum Gasteiger partial charge on any atom is -0.370 e. The van der Waals surface area contributed by atoms with Crippen molar-refractivity contribution in [1.29, 1.82) is 0 Å². The zero-order valence-electron chi connectivity index (χ0n) is 11.1. The van der Waals surface area contributed by atoms with Crippen LogP contribution in [0.25, 0.3) is 0 Å². The van der Waals surface area contributed by atoms with Gasteiger partial charge in [0.25, 0.3) is 0 Å². The Bertz CT molecular complexity index is 383. The minimum absolute atomic E-state index is 0.893. The first-order valence-corrected chi connectivity index (χ1v) is 6.56. The number of hydrogen-bond donors (Lipinski definition) is 1. The predicted octanol–water partition coefficient (Wildman–Crippen LogP) is 2.52. The Labute approximate surface area is 103 Å². The first-order valence-electron chi connectivity index (χ1n) is 6.56. The van der Waals surface area contributed by atoms with Gasteiger partial charge in [-0.05, 0) is 33.1 Å². The molecule has 0 spiro atoms. The van der Waals surface area contributed by atoms with Gasteiger partial charge >= 0.3 is 0 Å². The molecule has 1 aliphatic rings. The molecule has 4 nitrogen and oxygen atoms in total. The van der Waals surface area contributed by atoms with Gasteiger partial charge in [0, 0.05) is 30.9 Å². The van der Waals surface area contributed by atoms with Gasteiger partial charge in [0.1, 0.15) is 5.82 Å². The van der Waals surface area contributed by atoms with Crippen molar-refractivity contribution in [2.75, 3.05) is 29.9 Å². The molecule has 1 N–H and O–H groups in total. The molecule has 0 bridgehead atoms. The van der Waals surface area contributed by atoms with Crippen LogP contribution in [0, 0.1) is 13.8 Å². The highest BCUT2D eigenvalue weighted by Crippen LogP contribution is 2.22. The molecule has 17 heavy (non-hydrogen) atoms. The maximum Gasteiger partial charge on any atom is 0.227 e. The van der Waals surface area contributed by atoms with Crippen molar-refractivity contribution in [1.82, 2.24) is 9.97 Å². The van der Waals surface area contributed by atoms with E-state index in [0.717, 1.165) is 43.5 Å². The highest BCUT2D eigenvalue weighted by molar-refractivity contribution is 5.50. The second-order valence-corrected chi connectivity index (χ2v) is 4.70. The Balaban J connectivity index is 2.24. The standard InChI is InChI=1S/C13H22N4/c1-4-7-14-12-10(2)11(3)15-13(16-12)17-8-5-6-9-17/h4-9H2,1-3H3,(H,14,15,16). The van der Waals surface area contributed by atoms with Crippen LogP contribution in [-0.4, -0.2) is 29.6 Å². The van der Waals surface area contributed by atoms with Crippen molar-refractivity contribution in [2.24, 2.45) is 0 Å². The smallest absolute Gasteiger partial charge is 0.227 e. The Hall–Kier alpha value is -1.32. The van der Waals surface area contributed by atoms with E-state index in [0.29, 0.717) is 0 Å². The summed E-state index contributed by atoms with van der Waals surface area (Å²) in [6, 6.07) is 0. The topological polar surface area (TPSA) is 41.1 Å². The lowest BCUT2D eigenvalue weighted by molar-refractivity contribution is 0.876. The zero-order chi connectivity index (χ0) is 12.3. The van der Waals surface area contributed by atoms with E-state index in [1.807, 2.05) is 0 Å². The highest BCUT2D eigenvalue weighted by atomic mass is 15.3. The third-order valence-electron chi connectivity index (χ3n) is 3.31. The Morgan fingerprint density at radius 3 is 2.53 bits per heavy atom. The SMILES string of the molecule is CCCNc1nc(N2CCCC2)nc(C)c1C. The van der Waals surface area contributed by atoms with E-state index in [1.165, 1.54) is 18.4 Å². The largest absolute Gasteiger partial charge is 0.370 e. The summed E-state index contributed by atoms with van der Waals surface area (Å²) in [7, 11) is 0. The Morgan fingerprint density at radius 2 is 1.88 bits per heavy atom. The van der Waals surface area contributed by atoms with Crippen molar-refractivity contribution >= 4 is 11.8 Å². The van der Waals surface area contributed by atoms with Crippen molar-refractivity contribution in [3.05, 3.63) is 11.3 Å². The molecule has 1 saturated heterocycles. The average Bonchev–Trinajstić information content (AvgIpc) is 2.84. The van der Waals surface area contributed by atoms with Gasteiger partial charge in [-0.2, -0.15) is 4.98 Å². The number of anilines is 2. The van der Waals surface area contributed by atoms with Crippen LogP contribution in [-0.2, 0) is 0 Å². The van der Waals surface area contributed by atoms with Gasteiger partial charge in [-0.1, -0.05) is 6.92 Å².